The highest BCUT2D eigenvalue weighted by Crippen LogP contribution is 2.36. The largest absolute Gasteiger partial charge is 0.368 e. The van der Waals surface area contributed by atoms with Gasteiger partial charge in [-0.05, 0) is 50.5 Å². The second kappa shape index (κ2) is 7.55. The molecule has 1 fully saturated rings. The van der Waals surface area contributed by atoms with Crippen molar-refractivity contribution in [3.8, 4) is 0 Å². The number of hydrogen-bond donors (Lipinski definition) is 2. The molecular weight excluding hydrogens is 305 g/mol. The maximum atomic E-state index is 13.5. The highest BCUT2D eigenvalue weighted by molar-refractivity contribution is 5.33. The Balaban J connectivity index is 1.60. The van der Waals surface area contributed by atoms with E-state index in [1.807, 2.05) is 6.07 Å². The Kier molecular flexibility index (Phi) is 5.23. The second-order valence-corrected chi connectivity index (χ2v) is 6.46. The molecule has 0 bridgehead atoms. The van der Waals surface area contributed by atoms with Crippen LogP contribution in [0.15, 0.2) is 30.3 Å². The number of aryl methyl sites for hydroxylation is 1. The number of benzene rings is 1. The van der Waals surface area contributed by atoms with Crippen LogP contribution >= 0.6 is 0 Å². The third-order valence-corrected chi connectivity index (χ3v) is 4.35. The summed E-state index contributed by atoms with van der Waals surface area (Å²) >= 11 is 0. The van der Waals surface area contributed by atoms with Crippen molar-refractivity contribution in [3.63, 3.8) is 0 Å². The number of aromatic nitrogens is 3. The first-order valence-electron chi connectivity index (χ1n) is 8.58. The van der Waals surface area contributed by atoms with Gasteiger partial charge in [-0.15, -0.1) is 0 Å². The van der Waals surface area contributed by atoms with Crippen LogP contribution in [0.4, 0.5) is 16.3 Å². The van der Waals surface area contributed by atoms with Gasteiger partial charge in [0, 0.05) is 6.04 Å². The second-order valence-electron chi connectivity index (χ2n) is 6.46. The van der Waals surface area contributed by atoms with Gasteiger partial charge in [-0.1, -0.05) is 30.3 Å². The zero-order valence-electron chi connectivity index (χ0n) is 14.0. The highest BCUT2D eigenvalue weighted by Gasteiger charge is 2.31. The lowest BCUT2D eigenvalue weighted by Crippen LogP contribution is -2.24. The van der Waals surface area contributed by atoms with E-state index in [2.05, 4.69) is 44.5 Å². The molecule has 0 radical (unpaired) electrons. The van der Waals surface area contributed by atoms with Gasteiger partial charge in [-0.3, -0.25) is 0 Å². The molecule has 0 aliphatic heterocycles. The first-order valence-corrected chi connectivity index (χ1v) is 8.58. The van der Waals surface area contributed by atoms with E-state index in [4.69, 9.17) is 5.73 Å². The predicted octanol–water partition coefficient (Wildman–Crippen LogP) is 3.70. The van der Waals surface area contributed by atoms with Crippen molar-refractivity contribution in [1.82, 2.24) is 15.0 Å². The highest BCUT2D eigenvalue weighted by atomic mass is 19.1. The van der Waals surface area contributed by atoms with Gasteiger partial charge in [0.05, 0.1) is 0 Å². The molecule has 0 amide bonds. The molecule has 2 atom stereocenters. The Morgan fingerprint density at radius 1 is 1.21 bits per heavy atom. The average molecular weight is 329 g/mol. The summed E-state index contributed by atoms with van der Waals surface area (Å²) < 4.78 is 13.5. The fraction of sp³-hybridized carbons (Fsp3) is 0.500. The Bertz CT molecular complexity index is 658. The monoisotopic (exact) mass is 329 g/mol. The Morgan fingerprint density at radius 3 is 2.62 bits per heavy atom. The van der Waals surface area contributed by atoms with Crippen LogP contribution in [0.2, 0.25) is 0 Å². The lowest BCUT2D eigenvalue weighted by atomic mass is 10.0. The molecule has 0 saturated heterocycles. The fourth-order valence-electron chi connectivity index (χ4n) is 2.91. The van der Waals surface area contributed by atoms with Crippen LogP contribution in [-0.2, 0) is 6.42 Å². The number of hydrogen-bond acceptors (Lipinski definition) is 5. The van der Waals surface area contributed by atoms with Crippen LogP contribution in [0.1, 0.15) is 50.2 Å². The first-order chi connectivity index (χ1) is 11.6. The van der Waals surface area contributed by atoms with E-state index < -0.39 is 6.17 Å². The van der Waals surface area contributed by atoms with Crippen molar-refractivity contribution < 1.29 is 4.39 Å². The molecule has 1 aliphatic rings. The normalized spacial score (nSPS) is 16.6. The minimum atomic E-state index is -1.26. The van der Waals surface area contributed by atoms with E-state index in [-0.39, 0.29) is 11.8 Å². The maximum absolute atomic E-state index is 13.5. The molecule has 3 rings (SSSR count). The van der Waals surface area contributed by atoms with Crippen LogP contribution in [0, 0.1) is 5.92 Å². The minimum absolute atomic E-state index is 0.0610. The molecule has 128 valence electrons. The molecule has 5 nitrogen and oxygen atoms in total. The molecule has 6 heteroatoms. The van der Waals surface area contributed by atoms with Crippen molar-refractivity contribution in [2.45, 2.75) is 51.2 Å². The van der Waals surface area contributed by atoms with Crippen LogP contribution < -0.4 is 11.1 Å². The van der Waals surface area contributed by atoms with E-state index in [9.17, 15) is 4.39 Å². The summed E-state index contributed by atoms with van der Waals surface area (Å²) in [5.41, 5.74) is 7.02. The van der Waals surface area contributed by atoms with Gasteiger partial charge in [0.2, 0.25) is 11.9 Å². The number of alkyl halides is 1. The number of halogens is 1. The molecule has 3 N–H and O–H groups in total. The molecule has 1 saturated carbocycles. The lowest BCUT2D eigenvalue weighted by molar-refractivity contribution is 0.356. The third-order valence-electron chi connectivity index (χ3n) is 4.35. The molecule has 2 aromatic rings. The molecule has 1 aliphatic carbocycles. The summed E-state index contributed by atoms with van der Waals surface area (Å²) in [6.07, 6.45) is 4.36. The molecule has 1 aromatic carbocycles. The first kappa shape index (κ1) is 16.6. The molecule has 0 spiro atoms. The number of nitrogens with zero attached hydrogens (tertiary/aromatic N) is 3. The summed E-state index contributed by atoms with van der Waals surface area (Å²) in [5.74, 6) is 1.18. The van der Waals surface area contributed by atoms with Crippen molar-refractivity contribution in [2.75, 3.05) is 11.1 Å². The van der Waals surface area contributed by atoms with Crippen LogP contribution in [0.3, 0.4) is 0 Å². The number of nitrogens with two attached hydrogens (primary N) is 1. The van der Waals surface area contributed by atoms with E-state index in [0.29, 0.717) is 17.9 Å². The minimum Gasteiger partial charge on any atom is -0.368 e. The zero-order chi connectivity index (χ0) is 16.9. The molecular formula is C18H24FN5. The van der Waals surface area contributed by atoms with Gasteiger partial charge in [0.15, 0.2) is 12.0 Å². The molecule has 0 unspecified atom stereocenters. The van der Waals surface area contributed by atoms with Crippen molar-refractivity contribution in [1.29, 1.82) is 0 Å². The number of nitrogens with one attached hydrogen (secondary N) is 1. The quantitative estimate of drug-likeness (QED) is 0.772. The summed E-state index contributed by atoms with van der Waals surface area (Å²) in [6, 6.07) is 10.8. The van der Waals surface area contributed by atoms with E-state index in [0.717, 1.165) is 19.3 Å². The van der Waals surface area contributed by atoms with E-state index in [1.54, 1.807) is 0 Å². The van der Waals surface area contributed by atoms with Crippen molar-refractivity contribution in [3.05, 3.63) is 41.7 Å². The van der Waals surface area contributed by atoms with Crippen LogP contribution in [-0.4, -0.2) is 21.0 Å². The number of anilines is 2. The van der Waals surface area contributed by atoms with E-state index >= 15 is 0 Å². The van der Waals surface area contributed by atoms with Gasteiger partial charge in [0.25, 0.3) is 0 Å². The third kappa shape index (κ3) is 4.63. The molecule has 24 heavy (non-hydrogen) atoms. The Morgan fingerprint density at radius 2 is 1.96 bits per heavy atom. The van der Waals surface area contributed by atoms with Crippen LogP contribution in [0.5, 0.6) is 0 Å². The van der Waals surface area contributed by atoms with Crippen molar-refractivity contribution >= 4 is 11.9 Å². The summed E-state index contributed by atoms with van der Waals surface area (Å²) in [7, 11) is 0. The fourth-order valence-corrected chi connectivity index (χ4v) is 2.91. The molecule has 1 heterocycles. The summed E-state index contributed by atoms with van der Waals surface area (Å²) in [4.78, 5) is 12.1. The van der Waals surface area contributed by atoms with Gasteiger partial charge < -0.3 is 11.1 Å². The lowest BCUT2D eigenvalue weighted by Gasteiger charge is -2.18. The van der Waals surface area contributed by atoms with E-state index in [1.165, 1.54) is 25.3 Å². The van der Waals surface area contributed by atoms with Crippen molar-refractivity contribution in [2.24, 2.45) is 5.92 Å². The maximum Gasteiger partial charge on any atom is 0.228 e. The average Bonchev–Trinajstić information content (AvgIpc) is 3.39. The van der Waals surface area contributed by atoms with Gasteiger partial charge in [-0.25, -0.2) is 4.39 Å². The summed E-state index contributed by atoms with van der Waals surface area (Å²) in [5, 5.41) is 3.35. The zero-order valence-corrected chi connectivity index (χ0v) is 14.0. The molecule has 1 aromatic heterocycles. The smallest absolute Gasteiger partial charge is 0.228 e. The summed E-state index contributed by atoms with van der Waals surface area (Å²) in [6.45, 7) is 1.40. The SMILES string of the molecule is C[C@H](F)c1nc(N)nc(N[C@H](CCCc2ccccc2)C2CC2)n1. The Labute approximate surface area is 141 Å². The topological polar surface area (TPSA) is 76.7 Å². The predicted molar refractivity (Wildman–Crippen MR) is 93.3 cm³/mol. The Hall–Kier alpha value is -2.24. The van der Waals surface area contributed by atoms with Gasteiger partial charge in [-0.2, -0.15) is 15.0 Å². The number of nitrogen functional groups attached to an aromatic ring is 1. The number of rotatable bonds is 8. The standard InChI is InChI=1S/C18H24FN5/c1-12(19)16-22-17(20)24-18(23-16)21-15(14-10-11-14)9-5-8-13-6-3-2-4-7-13/h2-4,6-7,12,14-15H,5,8-11H2,1H3,(H3,20,21,22,23,24)/t12-,15+/m0/s1. The van der Waals surface area contributed by atoms with Gasteiger partial charge >= 0.3 is 0 Å². The van der Waals surface area contributed by atoms with Gasteiger partial charge in [0.1, 0.15) is 0 Å². The van der Waals surface area contributed by atoms with Crippen LogP contribution in [0.25, 0.3) is 0 Å².